The lowest BCUT2D eigenvalue weighted by Crippen LogP contribution is -2.27. The molecule has 4 N–H and O–H groups in total. The highest BCUT2D eigenvalue weighted by Gasteiger charge is 2.22. The van der Waals surface area contributed by atoms with E-state index < -0.39 is 11.3 Å². The lowest BCUT2D eigenvalue weighted by atomic mass is 9.96. The van der Waals surface area contributed by atoms with E-state index in [1.54, 1.807) is 20.8 Å². The van der Waals surface area contributed by atoms with Crippen LogP contribution < -0.4 is 10.7 Å². The summed E-state index contributed by atoms with van der Waals surface area (Å²) in [6.07, 6.45) is 1.20. The molecule has 9 nitrogen and oxygen atoms in total. The monoisotopic (exact) mass is 377 g/mol. The zero-order valence-electron chi connectivity index (χ0n) is 14.5. The van der Waals surface area contributed by atoms with Crippen molar-refractivity contribution < 1.29 is 19.8 Å². The third-order valence-electron chi connectivity index (χ3n) is 3.09. The van der Waals surface area contributed by atoms with Crippen molar-refractivity contribution in [3.8, 4) is 11.5 Å². The van der Waals surface area contributed by atoms with E-state index in [1.807, 2.05) is 0 Å². The van der Waals surface area contributed by atoms with Crippen LogP contribution in [-0.4, -0.2) is 38.4 Å². The smallest absolute Gasteiger partial charge is 0.247 e. The Kier molecular flexibility index (Phi) is 5.88. The lowest BCUT2D eigenvalue weighted by Gasteiger charge is -2.15. The molecule has 0 fully saturated rings. The molecule has 0 radical (unpaired) electrons. The first kappa shape index (κ1) is 19.3. The molecule has 0 bridgehead atoms. The molecule has 2 aromatic rings. The van der Waals surface area contributed by atoms with Crippen molar-refractivity contribution in [1.29, 1.82) is 0 Å². The quantitative estimate of drug-likeness (QED) is 0.462. The normalized spacial score (nSPS) is 11.5. The number of carbonyl (C=O) groups excluding carboxylic acids is 2. The number of aromatic hydroxyl groups is 2. The number of nitrogens with one attached hydrogen (secondary N) is 2. The van der Waals surface area contributed by atoms with E-state index in [-0.39, 0.29) is 23.8 Å². The second-order valence-corrected chi connectivity index (χ2v) is 7.48. The minimum absolute atomic E-state index is 0.0536. The summed E-state index contributed by atoms with van der Waals surface area (Å²) in [4.78, 5) is 23.7. The summed E-state index contributed by atoms with van der Waals surface area (Å²) in [5, 5.41) is 33.6. The van der Waals surface area contributed by atoms with Gasteiger partial charge in [-0.2, -0.15) is 5.10 Å². The van der Waals surface area contributed by atoms with E-state index in [0.29, 0.717) is 15.7 Å². The van der Waals surface area contributed by atoms with E-state index >= 15 is 0 Å². The zero-order valence-corrected chi connectivity index (χ0v) is 15.3. The summed E-state index contributed by atoms with van der Waals surface area (Å²) in [7, 11) is 0. The topological polar surface area (TPSA) is 137 Å². The van der Waals surface area contributed by atoms with Crippen molar-refractivity contribution >= 4 is 34.5 Å². The Morgan fingerprint density at radius 3 is 2.65 bits per heavy atom. The lowest BCUT2D eigenvalue weighted by molar-refractivity contribution is -0.123. The first-order valence-corrected chi connectivity index (χ1v) is 8.44. The van der Waals surface area contributed by atoms with Gasteiger partial charge in [-0.15, -0.1) is 10.2 Å². The molecule has 0 unspecified atom stereocenters. The van der Waals surface area contributed by atoms with Gasteiger partial charge in [0, 0.05) is 17.0 Å². The summed E-state index contributed by atoms with van der Waals surface area (Å²) >= 11 is 1.10. The van der Waals surface area contributed by atoms with Crippen molar-refractivity contribution in [2.45, 2.75) is 27.2 Å². The Hall–Kier alpha value is -3.01. The zero-order chi connectivity index (χ0) is 19.3. The van der Waals surface area contributed by atoms with Gasteiger partial charge in [0.05, 0.1) is 12.6 Å². The van der Waals surface area contributed by atoms with Crippen molar-refractivity contribution in [2.24, 2.45) is 10.5 Å². The first-order chi connectivity index (χ1) is 12.1. The number of hydrogen-bond donors (Lipinski definition) is 4. The number of amides is 2. The van der Waals surface area contributed by atoms with E-state index in [4.69, 9.17) is 0 Å². The number of carbonyl (C=O) groups is 2. The number of rotatable bonds is 5. The second kappa shape index (κ2) is 7.91. The molecule has 2 rings (SSSR count). The van der Waals surface area contributed by atoms with E-state index in [2.05, 4.69) is 26.0 Å². The molecule has 26 heavy (non-hydrogen) atoms. The Balaban J connectivity index is 1.88. The van der Waals surface area contributed by atoms with Crippen LogP contribution in [0.15, 0.2) is 23.3 Å². The van der Waals surface area contributed by atoms with Crippen LogP contribution in [0.2, 0.25) is 0 Å². The molecule has 138 valence electrons. The van der Waals surface area contributed by atoms with Crippen molar-refractivity contribution in [3.05, 3.63) is 28.8 Å². The Labute approximate surface area is 153 Å². The van der Waals surface area contributed by atoms with Gasteiger partial charge in [-0.1, -0.05) is 32.1 Å². The molecule has 0 saturated carbocycles. The summed E-state index contributed by atoms with van der Waals surface area (Å²) < 4.78 is 0. The number of phenols is 2. The molecule has 10 heteroatoms. The average molecular weight is 377 g/mol. The molecule has 0 aliphatic carbocycles. The standard InChI is InChI=1S/C16H19N5O4S/c1-16(2,3)14(25)18-15-21-20-13(26-15)7-12(24)19-17-8-9-4-5-10(22)6-11(9)23/h4-6,8,22-23H,7H2,1-3H3,(H,19,24)(H,18,21,25)/b17-8-. The number of hydrazone groups is 1. The summed E-state index contributed by atoms with van der Waals surface area (Å²) in [6, 6.07) is 4.00. The maximum absolute atomic E-state index is 11.9. The van der Waals surface area contributed by atoms with Crippen LogP contribution in [0.1, 0.15) is 31.3 Å². The van der Waals surface area contributed by atoms with Crippen LogP contribution in [0.4, 0.5) is 5.13 Å². The molecule has 0 aliphatic heterocycles. The molecule has 1 heterocycles. The Morgan fingerprint density at radius 2 is 2.00 bits per heavy atom. The van der Waals surface area contributed by atoms with Gasteiger partial charge in [-0.3, -0.25) is 9.59 Å². The van der Waals surface area contributed by atoms with Crippen LogP contribution >= 0.6 is 11.3 Å². The maximum Gasteiger partial charge on any atom is 0.247 e. The summed E-state index contributed by atoms with van der Waals surface area (Å²) in [6.45, 7) is 5.34. The van der Waals surface area contributed by atoms with Crippen molar-refractivity contribution in [1.82, 2.24) is 15.6 Å². The molecular weight excluding hydrogens is 358 g/mol. The fourth-order valence-electron chi connectivity index (χ4n) is 1.65. The van der Waals surface area contributed by atoms with Gasteiger partial charge in [0.2, 0.25) is 16.9 Å². The molecule has 0 spiro atoms. The number of benzene rings is 1. The summed E-state index contributed by atoms with van der Waals surface area (Å²) in [5.74, 6) is -0.854. The van der Waals surface area contributed by atoms with Gasteiger partial charge in [-0.25, -0.2) is 5.43 Å². The fraction of sp³-hybridized carbons (Fsp3) is 0.312. The predicted molar refractivity (Wildman–Crippen MR) is 97.2 cm³/mol. The van der Waals surface area contributed by atoms with Crippen LogP contribution in [-0.2, 0) is 16.0 Å². The van der Waals surface area contributed by atoms with E-state index in [9.17, 15) is 19.8 Å². The number of nitrogens with zero attached hydrogens (tertiary/aromatic N) is 3. The third kappa shape index (κ3) is 5.52. The minimum atomic E-state index is -0.558. The van der Waals surface area contributed by atoms with Gasteiger partial charge in [-0.05, 0) is 12.1 Å². The van der Waals surface area contributed by atoms with Gasteiger partial charge in [0.25, 0.3) is 0 Å². The molecule has 0 atom stereocenters. The highest BCUT2D eigenvalue weighted by molar-refractivity contribution is 7.15. The van der Waals surface area contributed by atoms with Gasteiger partial charge >= 0.3 is 0 Å². The van der Waals surface area contributed by atoms with Crippen LogP contribution in [0.3, 0.4) is 0 Å². The number of aromatic nitrogens is 2. The van der Waals surface area contributed by atoms with Gasteiger partial charge in [0.15, 0.2) is 0 Å². The predicted octanol–water partition coefficient (Wildman–Crippen LogP) is 1.63. The molecule has 0 aliphatic rings. The average Bonchev–Trinajstić information content (AvgIpc) is 2.95. The molecule has 2 amide bonds. The number of phenolic OH excluding ortho intramolecular Hbond substituents is 2. The minimum Gasteiger partial charge on any atom is -0.508 e. The SMILES string of the molecule is CC(C)(C)C(=O)Nc1nnc(CC(=O)N/N=C\c2ccc(O)cc2O)s1. The number of hydrogen-bond acceptors (Lipinski definition) is 8. The van der Waals surface area contributed by atoms with Gasteiger partial charge < -0.3 is 15.5 Å². The maximum atomic E-state index is 11.9. The molecular formula is C16H19N5O4S. The third-order valence-corrected chi connectivity index (χ3v) is 3.93. The first-order valence-electron chi connectivity index (χ1n) is 7.63. The van der Waals surface area contributed by atoms with Crippen molar-refractivity contribution in [2.75, 3.05) is 5.32 Å². The second-order valence-electron chi connectivity index (χ2n) is 6.42. The van der Waals surface area contributed by atoms with Crippen LogP contribution in [0.25, 0.3) is 0 Å². The Morgan fingerprint density at radius 1 is 1.27 bits per heavy atom. The van der Waals surface area contributed by atoms with Crippen molar-refractivity contribution in [3.63, 3.8) is 0 Å². The largest absolute Gasteiger partial charge is 0.508 e. The summed E-state index contributed by atoms with van der Waals surface area (Å²) in [5.41, 5.74) is 2.09. The van der Waals surface area contributed by atoms with Gasteiger partial charge in [0.1, 0.15) is 16.5 Å². The highest BCUT2D eigenvalue weighted by Crippen LogP contribution is 2.21. The number of anilines is 1. The fourth-order valence-corrected chi connectivity index (χ4v) is 2.39. The molecule has 1 aromatic carbocycles. The van der Waals surface area contributed by atoms with Crippen LogP contribution in [0.5, 0.6) is 11.5 Å². The molecule has 0 saturated heterocycles. The van der Waals surface area contributed by atoms with E-state index in [0.717, 1.165) is 17.4 Å². The molecule has 1 aromatic heterocycles. The van der Waals surface area contributed by atoms with E-state index in [1.165, 1.54) is 18.3 Å². The Bertz CT molecular complexity index is 841. The van der Waals surface area contributed by atoms with Crippen LogP contribution in [0, 0.1) is 5.41 Å². The highest BCUT2D eigenvalue weighted by atomic mass is 32.1.